The molecule has 0 aromatic rings. The summed E-state index contributed by atoms with van der Waals surface area (Å²) in [6.45, 7) is 2.20. The van der Waals surface area contributed by atoms with Gasteiger partial charge in [-0.3, -0.25) is 4.90 Å². The summed E-state index contributed by atoms with van der Waals surface area (Å²) in [6.07, 6.45) is 3.01. The number of aliphatic carboxylic acids is 1. The molecule has 2 saturated heterocycles. The van der Waals surface area contributed by atoms with Crippen LogP contribution in [0.15, 0.2) is 0 Å². The van der Waals surface area contributed by atoms with Crippen molar-refractivity contribution in [2.75, 3.05) is 19.7 Å². The van der Waals surface area contributed by atoms with E-state index in [-0.39, 0.29) is 12.4 Å². The van der Waals surface area contributed by atoms with Gasteiger partial charge in [-0.15, -0.1) is 12.4 Å². The average Bonchev–Trinajstić information content (AvgIpc) is 2.17. The van der Waals surface area contributed by atoms with E-state index in [2.05, 4.69) is 4.90 Å². The number of hydrogen-bond acceptors (Lipinski definition) is 3. The molecule has 0 bridgehead atoms. The second kappa shape index (κ2) is 4.96. The van der Waals surface area contributed by atoms with Crippen molar-refractivity contribution in [2.24, 2.45) is 0 Å². The molecule has 0 unspecified atom stereocenters. The number of carbonyl (C=O) groups is 1. The zero-order valence-corrected chi connectivity index (χ0v) is 8.83. The average molecular weight is 222 g/mol. The first kappa shape index (κ1) is 11.8. The van der Waals surface area contributed by atoms with Gasteiger partial charge in [0.25, 0.3) is 0 Å². The molecule has 5 heteroatoms. The van der Waals surface area contributed by atoms with Crippen LogP contribution in [0.1, 0.15) is 19.3 Å². The Morgan fingerprint density at radius 2 is 2.21 bits per heavy atom. The van der Waals surface area contributed by atoms with Crippen LogP contribution in [-0.4, -0.2) is 47.8 Å². The normalized spacial score (nSPS) is 32.9. The van der Waals surface area contributed by atoms with Crippen molar-refractivity contribution < 1.29 is 14.6 Å². The van der Waals surface area contributed by atoms with Crippen LogP contribution >= 0.6 is 12.4 Å². The highest BCUT2D eigenvalue weighted by Crippen LogP contribution is 2.21. The van der Waals surface area contributed by atoms with Gasteiger partial charge in [0, 0.05) is 12.6 Å². The number of fused-ring (bicyclic) bond motifs is 1. The number of carboxylic acids is 1. The maximum Gasteiger partial charge on any atom is 0.334 e. The summed E-state index contributed by atoms with van der Waals surface area (Å²) in [5.41, 5.74) is 0. The van der Waals surface area contributed by atoms with Gasteiger partial charge in [-0.2, -0.15) is 0 Å². The molecule has 0 saturated carbocycles. The summed E-state index contributed by atoms with van der Waals surface area (Å²) in [5, 5.41) is 8.78. The van der Waals surface area contributed by atoms with Crippen molar-refractivity contribution in [2.45, 2.75) is 31.4 Å². The van der Waals surface area contributed by atoms with E-state index in [4.69, 9.17) is 9.84 Å². The summed E-state index contributed by atoms with van der Waals surface area (Å²) in [6, 6.07) is 0.476. The number of halogens is 1. The lowest BCUT2D eigenvalue weighted by molar-refractivity contribution is -0.160. The minimum absolute atomic E-state index is 0. The minimum atomic E-state index is -0.830. The topological polar surface area (TPSA) is 49.8 Å². The molecule has 2 fully saturated rings. The molecule has 0 aromatic carbocycles. The zero-order valence-electron chi connectivity index (χ0n) is 8.02. The van der Waals surface area contributed by atoms with Gasteiger partial charge in [0.1, 0.15) is 0 Å². The molecule has 14 heavy (non-hydrogen) atoms. The number of ether oxygens (including phenoxy) is 1. The van der Waals surface area contributed by atoms with Crippen molar-refractivity contribution in [3.8, 4) is 0 Å². The molecule has 0 aliphatic carbocycles. The highest BCUT2D eigenvalue weighted by molar-refractivity contribution is 5.85. The molecule has 4 nitrogen and oxygen atoms in total. The molecule has 0 radical (unpaired) electrons. The Labute approximate surface area is 89.6 Å². The van der Waals surface area contributed by atoms with Crippen LogP contribution in [0.25, 0.3) is 0 Å². The van der Waals surface area contributed by atoms with Gasteiger partial charge in [0.2, 0.25) is 0 Å². The fourth-order valence-corrected chi connectivity index (χ4v) is 2.13. The van der Waals surface area contributed by atoms with Crippen molar-refractivity contribution in [3.63, 3.8) is 0 Å². The largest absolute Gasteiger partial charge is 0.479 e. The van der Waals surface area contributed by atoms with Gasteiger partial charge in [-0.1, -0.05) is 6.42 Å². The van der Waals surface area contributed by atoms with Crippen molar-refractivity contribution >= 4 is 18.4 Å². The van der Waals surface area contributed by atoms with E-state index in [1.165, 1.54) is 12.8 Å². The summed E-state index contributed by atoms with van der Waals surface area (Å²) < 4.78 is 5.27. The second-order valence-corrected chi connectivity index (χ2v) is 3.80. The van der Waals surface area contributed by atoms with Crippen LogP contribution in [0.2, 0.25) is 0 Å². The number of rotatable bonds is 1. The Kier molecular flexibility index (Phi) is 4.16. The van der Waals surface area contributed by atoms with E-state index in [1.807, 2.05) is 0 Å². The third-order valence-corrected chi connectivity index (χ3v) is 2.91. The molecule has 82 valence electrons. The molecular weight excluding hydrogens is 206 g/mol. The SMILES string of the molecule is Cl.O=C(O)[C@@H]1CN2CCCC[C@H]2CO1. The van der Waals surface area contributed by atoms with E-state index in [1.54, 1.807) is 0 Å². The molecule has 2 atom stereocenters. The molecular formula is C9H16ClNO3. The number of morpholine rings is 1. The first-order chi connectivity index (χ1) is 6.27. The van der Waals surface area contributed by atoms with Gasteiger partial charge < -0.3 is 9.84 Å². The number of carboxylic acid groups (broad SMARTS) is 1. The van der Waals surface area contributed by atoms with Crippen LogP contribution in [0, 0.1) is 0 Å². The van der Waals surface area contributed by atoms with Crippen LogP contribution < -0.4 is 0 Å². The highest BCUT2D eigenvalue weighted by atomic mass is 35.5. The Balaban J connectivity index is 0.000000980. The fourth-order valence-electron chi connectivity index (χ4n) is 2.13. The molecule has 2 heterocycles. The Morgan fingerprint density at radius 3 is 2.93 bits per heavy atom. The summed E-state index contributed by atoms with van der Waals surface area (Å²) in [4.78, 5) is 12.9. The smallest absolute Gasteiger partial charge is 0.334 e. The van der Waals surface area contributed by atoms with Crippen molar-refractivity contribution in [1.29, 1.82) is 0 Å². The van der Waals surface area contributed by atoms with Crippen LogP contribution in [0.5, 0.6) is 0 Å². The van der Waals surface area contributed by atoms with Crippen LogP contribution in [-0.2, 0) is 9.53 Å². The predicted octanol–water partition coefficient (Wildman–Crippen LogP) is 0.746. The standard InChI is InChI=1S/C9H15NO3.ClH/c11-9(12)8-5-10-4-2-1-3-7(10)6-13-8;/h7-8H,1-6H2,(H,11,12);1H/t7-,8-;/m0./s1. The van der Waals surface area contributed by atoms with Gasteiger partial charge in [-0.05, 0) is 19.4 Å². The van der Waals surface area contributed by atoms with Crippen molar-refractivity contribution in [1.82, 2.24) is 4.90 Å². The summed E-state index contributed by atoms with van der Waals surface area (Å²) in [5.74, 6) is -0.830. The molecule has 0 amide bonds. The molecule has 2 aliphatic heterocycles. The van der Waals surface area contributed by atoms with Gasteiger partial charge in [-0.25, -0.2) is 4.79 Å². The lowest BCUT2D eigenvalue weighted by Crippen LogP contribution is -2.53. The van der Waals surface area contributed by atoms with E-state index in [0.717, 1.165) is 13.0 Å². The van der Waals surface area contributed by atoms with Gasteiger partial charge >= 0.3 is 5.97 Å². The van der Waals surface area contributed by atoms with Crippen LogP contribution in [0.3, 0.4) is 0 Å². The van der Waals surface area contributed by atoms with E-state index in [0.29, 0.717) is 19.2 Å². The quantitative estimate of drug-likeness (QED) is 0.710. The first-order valence-corrected chi connectivity index (χ1v) is 4.86. The van der Waals surface area contributed by atoms with Crippen LogP contribution in [0.4, 0.5) is 0 Å². The number of piperidine rings is 1. The van der Waals surface area contributed by atoms with Gasteiger partial charge in [0.05, 0.1) is 6.61 Å². The number of hydrogen-bond donors (Lipinski definition) is 1. The zero-order chi connectivity index (χ0) is 9.26. The third-order valence-electron chi connectivity index (χ3n) is 2.91. The fraction of sp³-hybridized carbons (Fsp3) is 0.889. The van der Waals surface area contributed by atoms with Crippen molar-refractivity contribution in [3.05, 3.63) is 0 Å². The maximum absolute atomic E-state index is 10.7. The molecule has 2 aliphatic rings. The summed E-state index contributed by atoms with van der Waals surface area (Å²) in [7, 11) is 0. The molecule has 0 aromatic heterocycles. The lowest BCUT2D eigenvalue weighted by atomic mass is 10.0. The molecule has 0 spiro atoms. The highest BCUT2D eigenvalue weighted by Gasteiger charge is 2.33. The Bertz CT molecular complexity index is 212. The molecule has 2 rings (SSSR count). The van der Waals surface area contributed by atoms with E-state index < -0.39 is 12.1 Å². The van der Waals surface area contributed by atoms with E-state index >= 15 is 0 Å². The Morgan fingerprint density at radius 1 is 1.43 bits per heavy atom. The minimum Gasteiger partial charge on any atom is -0.479 e. The Hall–Kier alpha value is -0.320. The lowest BCUT2D eigenvalue weighted by Gasteiger charge is -2.41. The summed E-state index contributed by atoms with van der Waals surface area (Å²) >= 11 is 0. The van der Waals surface area contributed by atoms with Gasteiger partial charge in [0.15, 0.2) is 6.10 Å². The van der Waals surface area contributed by atoms with E-state index in [9.17, 15) is 4.79 Å². The predicted molar refractivity (Wildman–Crippen MR) is 53.8 cm³/mol. The first-order valence-electron chi connectivity index (χ1n) is 4.86. The monoisotopic (exact) mass is 221 g/mol. The number of nitrogens with zero attached hydrogens (tertiary/aromatic N) is 1. The molecule has 1 N–H and O–H groups in total. The maximum atomic E-state index is 10.7. The second-order valence-electron chi connectivity index (χ2n) is 3.80. The third kappa shape index (κ3) is 2.38.